The van der Waals surface area contributed by atoms with Crippen molar-refractivity contribution in [2.75, 3.05) is 17.5 Å². The van der Waals surface area contributed by atoms with E-state index in [1.807, 2.05) is 29.0 Å². The van der Waals surface area contributed by atoms with E-state index in [-0.39, 0.29) is 24.4 Å². The van der Waals surface area contributed by atoms with Crippen molar-refractivity contribution >= 4 is 33.0 Å². The van der Waals surface area contributed by atoms with Crippen LogP contribution in [-0.4, -0.2) is 27.1 Å². The molecule has 176 valence electrons. The molecule has 0 aliphatic heterocycles. The van der Waals surface area contributed by atoms with Gasteiger partial charge in [0.15, 0.2) is 16.7 Å². The number of anilines is 1. The number of carbonyl (C=O) groups is 1. The Morgan fingerprint density at radius 1 is 1.09 bits per heavy atom. The molecule has 0 bridgehead atoms. The van der Waals surface area contributed by atoms with Gasteiger partial charge >= 0.3 is 0 Å². The summed E-state index contributed by atoms with van der Waals surface area (Å²) in [5.41, 5.74) is 0.704. The summed E-state index contributed by atoms with van der Waals surface area (Å²) in [6.07, 6.45) is 0.967. The molecule has 3 aromatic rings. The van der Waals surface area contributed by atoms with Crippen LogP contribution in [0.4, 0.5) is 14.5 Å². The van der Waals surface area contributed by atoms with Crippen LogP contribution in [0.5, 0.6) is 10.8 Å². The number of nitrogens with one attached hydrogen (secondary N) is 2. The standard InChI is InChI=1S/C23H24F2N2O4S2/c1-14(2)16-5-4-6-17(13-16)31-21-8-7-20(32-21)23(28)26-10-9-15-11-18(24)22(19(25)12-15)27-33(3,29)30/h4-8,11-14,27H,9-10H2,1-3H3,(H,26,28). The fraction of sp³-hybridized carbons (Fsp3) is 0.261. The van der Waals surface area contributed by atoms with Crippen molar-refractivity contribution in [3.8, 4) is 10.8 Å². The Morgan fingerprint density at radius 2 is 1.79 bits per heavy atom. The second kappa shape index (κ2) is 10.3. The van der Waals surface area contributed by atoms with Crippen molar-refractivity contribution in [3.63, 3.8) is 0 Å². The Hall–Kier alpha value is -2.98. The Bertz CT molecular complexity index is 1230. The topological polar surface area (TPSA) is 84.5 Å². The molecule has 0 atom stereocenters. The van der Waals surface area contributed by atoms with Gasteiger partial charge in [0.2, 0.25) is 10.0 Å². The zero-order chi connectivity index (χ0) is 24.2. The summed E-state index contributed by atoms with van der Waals surface area (Å²) < 4.78 is 58.3. The smallest absolute Gasteiger partial charge is 0.261 e. The molecule has 0 aliphatic carbocycles. The summed E-state index contributed by atoms with van der Waals surface area (Å²) in [6.45, 7) is 4.33. The van der Waals surface area contributed by atoms with Gasteiger partial charge in [0.1, 0.15) is 11.4 Å². The van der Waals surface area contributed by atoms with E-state index in [9.17, 15) is 22.0 Å². The van der Waals surface area contributed by atoms with Crippen LogP contribution in [0.25, 0.3) is 0 Å². The molecule has 0 aliphatic rings. The molecule has 2 N–H and O–H groups in total. The number of hydrogen-bond donors (Lipinski definition) is 2. The number of rotatable bonds is 9. The van der Waals surface area contributed by atoms with Gasteiger partial charge in [0.25, 0.3) is 5.91 Å². The number of sulfonamides is 1. The summed E-state index contributed by atoms with van der Waals surface area (Å²) in [7, 11) is -3.81. The lowest BCUT2D eigenvalue weighted by Crippen LogP contribution is -2.25. The Balaban J connectivity index is 1.57. The maximum Gasteiger partial charge on any atom is 0.261 e. The van der Waals surface area contributed by atoms with Gasteiger partial charge in [-0.2, -0.15) is 0 Å². The van der Waals surface area contributed by atoms with E-state index in [1.54, 1.807) is 12.1 Å². The second-order valence-electron chi connectivity index (χ2n) is 7.76. The molecule has 0 unspecified atom stereocenters. The number of hydrogen-bond acceptors (Lipinski definition) is 5. The van der Waals surface area contributed by atoms with Crippen LogP contribution >= 0.6 is 11.3 Å². The summed E-state index contributed by atoms with van der Waals surface area (Å²) in [5.74, 6) is -1.33. The van der Waals surface area contributed by atoms with Crippen LogP contribution in [0, 0.1) is 11.6 Å². The Kier molecular flexibility index (Phi) is 7.70. The van der Waals surface area contributed by atoms with Crippen molar-refractivity contribution in [3.05, 3.63) is 76.2 Å². The number of carbonyl (C=O) groups excluding carboxylic acids is 1. The first kappa shape index (κ1) is 24.7. The molecule has 0 saturated carbocycles. The lowest BCUT2D eigenvalue weighted by atomic mass is 10.0. The van der Waals surface area contributed by atoms with Crippen molar-refractivity contribution in [2.45, 2.75) is 26.2 Å². The lowest BCUT2D eigenvalue weighted by Gasteiger charge is -2.10. The third-order valence-electron chi connectivity index (χ3n) is 4.64. The van der Waals surface area contributed by atoms with Gasteiger partial charge < -0.3 is 10.1 Å². The average molecular weight is 495 g/mol. The first-order valence-electron chi connectivity index (χ1n) is 10.1. The van der Waals surface area contributed by atoms with Gasteiger partial charge in [-0.1, -0.05) is 37.3 Å². The fourth-order valence-corrected chi connectivity index (χ4v) is 4.37. The fourth-order valence-electron chi connectivity index (χ4n) is 3.01. The Morgan fingerprint density at radius 3 is 2.42 bits per heavy atom. The molecule has 0 radical (unpaired) electrons. The van der Waals surface area contributed by atoms with E-state index in [2.05, 4.69) is 19.2 Å². The van der Waals surface area contributed by atoms with Crippen LogP contribution in [-0.2, 0) is 16.4 Å². The third-order valence-corrected chi connectivity index (χ3v) is 6.17. The van der Waals surface area contributed by atoms with Gasteiger partial charge in [-0.15, -0.1) is 0 Å². The number of benzene rings is 2. The zero-order valence-electron chi connectivity index (χ0n) is 18.3. The maximum absolute atomic E-state index is 14.1. The van der Waals surface area contributed by atoms with Gasteiger partial charge in [0, 0.05) is 6.54 Å². The molecule has 1 amide bonds. The third kappa shape index (κ3) is 7.00. The van der Waals surface area contributed by atoms with Crippen molar-refractivity contribution in [1.82, 2.24) is 5.32 Å². The van der Waals surface area contributed by atoms with Crippen LogP contribution in [0.1, 0.15) is 40.6 Å². The Labute approximate surface area is 195 Å². The molecule has 1 aromatic heterocycles. The molecule has 0 fully saturated rings. The van der Waals surface area contributed by atoms with E-state index in [0.717, 1.165) is 24.0 Å². The average Bonchev–Trinajstić information content (AvgIpc) is 3.19. The largest absolute Gasteiger partial charge is 0.447 e. The summed E-state index contributed by atoms with van der Waals surface area (Å²) in [5, 5.41) is 3.27. The van der Waals surface area contributed by atoms with Crippen LogP contribution in [0.3, 0.4) is 0 Å². The number of thiophene rings is 1. The van der Waals surface area contributed by atoms with Gasteiger partial charge in [0.05, 0.1) is 11.1 Å². The second-order valence-corrected chi connectivity index (χ2v) is 10.6. The molecule has 0 saturated heterocycles. The highest BCUT2D eigenvalue weighted by atomic mass is 32.2. The van der Waals surface area contributed by atoms with Crippen molar-refractivity contribution in [1.29, 1.82) is 0 Å². The van der Waals surface area contributed by atoms with Crippen molar-refractivity contribution < 1.29 is 26.7 Å². The van der Waals surface area contributed by atoms with E-state index in [0.29, 0.717) is 21.6 Å². The van der Waals surface area contributed by atoms with E-state index in [1.165, 1.54) is 11.3 Å². The van der Waals surface area contributed by atoms with Crippen LogP contribution in [0.2, 0.25) is 0 Å². The minimum Gasteiger partial charge on any atom is -0.447 e. The summed E-state index contributed by atoms with van der Waals surface area (Å²) in [4.78, 5) is 12.8. The molecule has 0 spiro atoms. The highest BCUT2D eigenvalue weighted by molar-refractivity contribution is 7.92. The minimum atomic E-state index is -3.81. The van der Waals surface area contributed by atoms with Gasteiger partial charge in [-0.05, 0) is 59.9 Å². The predicted molar refractivity (Wildman–Crippen MR) is 126 cm³/mol. The number of ether oxygens (including phenoxy) is 1. The first-order valence-corrected chi connectivity index (χ1v) is 12.8. The summed E-state index contributed by atoms with van der Waals surface area (Å²) >= 11 is 1.19. The minimum absolute atomic E-state index is 0.140. The summed E-state index contributed by atoms with van der Waals surface area (Å²) in [6, 6.07) is 13.2. The van der Waals surface area contributed by atoms with Gasteiger partial charge in [-0.3, -0.25) is 9.52 Å². The molecular weight excluding hydrogens is 470 g/mol. The van der Waals surface area contributed by atoms with Crippen molar-refractivity contribution in [2.24, 2.45) is 0 Å². The zero-order valence-corrected chi connectivity index (χ0v) is 19.9. The number of halogens is 2. The van der Waals surface area contributed by atoms with Crippen LogP contribution in [0.15, 0.2) is 48.5 Å². The predicted octanol–water partition coefficient (Wildman–Crippen LogP) is 5.29. The molecule has 10 heteroatoms. The quantitative estimate of drug-likeness (QED) is 0.424. The normalized spacial score (nSPS) is 11.5. The SMILES string of the molecule is CC(C)c1cccc(Oc2ccc(C(=O)NCCc3cc(F)c(NS(C)(=O)=O)c(F)c3)s2)c1. The highest BCUT2D eigenvalue weighted by Gasteiger charge is 2.15. The van der Waals surface area contributed by atoms with E-state index >= 15 is 0 Å². The van der Waals surface area contributed by atoms with Crippen LogP contribution < -0.4 is 14.8 Å². The molecule has 33 heavy (non-hydrogen) atoms. The molecule has 3 rings (SSSR count). The number of amides is 1. The first-order chi connectivity index (χ1) is 15.5. The monoisotopic (exact) mass is 494 g/mol. The van der Waals surface area contributed by atoms with E-state index < -0.39 is 27.3 Å². The molecule has 1 heterocycles. The molecular formula is C23H24F2N2O4S2. The molecule has 2 aromatic carbocycles. The van der Waals surface area contributed by atoms with Gasteiger partial charge in [-0.25, -0.2) is 17.2 Å². The maximum atomic E-state index is 14.1. The highest BCUT2D eigenvalue weighted by Crippen LogP contribution is 2.31. The molecule has 6 nitrogen and oxygen atoms in total. The lowest BCUT2D eigenvalue weighted by molar-refractivity contribution is 0.0958. The van der Waals surface area contributed by atoms with E-state index in [4.69, 9.17) is 4.74 Å².